The Balaban J connectivity index is 0. The van der Waals surface area contributed by atoms with Gasteiger partial charge >= 0.3 is 5.97 Å². The summed E-state index contributed by atoms with van der Waals surface area (Å²) in [5, 5.41) is 8.31. The fourth-order valence-electron chi connectivity index (χ4n) is 0.497. The second kappa shape index (κ2) is 9.78. The number of carboxylic acids is 1. The SMILES string of the molecule is C=C(CCCC)C(=O)O.C=CC(=C)C. The molecule has 2 heteroatoms. The molecule has 0 aliphatic carbocycles. The molecule has 0 saturated carbocycles. The van der Waals surface area contributed by atoms with Gasteiger partial charge in [0.2, 0.25) is 0 Å². The van der Waals surface area contributed by atoms with E-state index in [1.807, 2.05) is 13.8 Å². The van der Waals surface area contributed by atoms with Crippen LogP contribution in [0.25, 0.3) is 0 Å². The van der Waals surface area contributed by atoms with Gasteiger partial charge in [-0.1, -0.05) is 44.7 Å². The molecule has 0 aromatic carbocycles. The Morgan fingerprint density at radius 3 is 2.07 bits per heavy atom. The van der Waals surface area contributed by atoms with Crippen LogP contribution < -0.4 is 0 Å². The summed E-state index contributed by atoms with van der Waals surface area (Å²) in [6.07, 6.45) is 4.28. The predicted molar refractivity (Wildman–Crippen MR) is 61.3 cm³/mol. The highest BCUT2D eigenvalue weighted by Crippen LogP contribution is 2.03. The molecule has 0 radical (unpaired) electrons. The van der Waals surface area contributed by atoms with E-state index in [0.29, 0.717) is 12.0 Å². The summed E-state index contributed by atoms with van der Waals surface area (Å²) in [5.74, 6) is -0.872. The Bertz CT molecular complexity index is 214. The fourth-order valence-corrected chi connectivity index (χ4v) is 0.497. The Morgan fingerprint density at radius 1 is 1.43 bits per heavy atom. The Morgan fingerprint density at radius 2 is 1.86 bits per heavy atom. The highest BCUT2D eigenvalue weighted by Gasteiger charge is 2.00. The molecular weight excluding hydrogens is 176 g/mol. The molecule has 1 N–H and O–H groups in total. The van der Waals surface area contributed by atoms with Crippen LogP contribution in [0.2, 0.25) is 0 Å². The van der Waals surface area contributed by atoms with E-state index in [9.17, 15) is 4.79 Å². The maximum atomic E-state index is 10.1. The average Bonchev–Trinajstić information content (AvgIpc) is 2.14. The first-order valence-corrected chi connectivity index (χ1v) is 4.64. The molecule has 0 bridgehead atoms. The lowest BCUT2D eigenvalue weighted by Gasteiger charge is -1.95. The zero-order valence-electron chi connectivity index (χ0n) is 9.18. The smallest absolute Gasteiger partial charge is 0.330 e. The number of carboxylic acid groups (broad SMARTS) is 1. The third kappa shape index (κ3) is 13.3. The number of hydrogen-bond donors (Lipinski definition) is 1. The molecule has 0 fully saturated rings. The topological polar surface area (TPSA) is 37.3 Å². The van der Waals surface area contributed by atoms with Crippen LogP contribution in [0.5, 0.6) is 0 Å². The minimum atomic E-state index is -0.872. The van der Waals surface area contributed by atoms with Crippen LogP contribution in [0.3, 0.4) is 0 Å². The molecule has 0 aliphatic rings. The number of aliphatic carboxylic acids is 1. The molecule has 0 aromatic heterocycles. The lowest BCUT2D eigenvalue weighted by atomic mass is 10.1. The summed E-state index contributed by atoms with van der Waals surface area (Å²) in [7, 11) is 0. The second-order valence-electron chi connectivity index (χ2n) is 3.06. The van der Waals surface area contributed by atoms with E-state index in [0.717, 1.165) is 18.4 Å². The van der Waals surface area contributed by atoms with Gasteiger partial charge in [-0.2, -0.15) is 0 Å². The van der Waals surface area contributed by atoms with Crippen molar-refractivity contribution >= 4 is 5.97 Å². The molecule has 0 saturated heterocycles. The van der Waals surface area contributed by atoms with E-state index < -0.39 is 5.97 Å². The number of rotatable bonds is 5. The lowest BCUT2D eigenvalue weighted by Crippen LogP contribution is -1.97. The van der Waals surface area contributed by atoms with Crippen LogP contribution in [-0.2, 0) is 4.79 Å². The van der Waals surface area contributed by atoms with E-state index in [4.69, 9.17) is 5.11 Å². The zero-order valence-corrected chi connectivity index (χ0v) is 9.18. The van der Waals surface area contributed by atoms with Gasteiger partial charge in [0.05, 0.1) is 0 Å². The molecule has 2 nitrogen and oxygen atoms in total. The Kier molecular flexibility index (Phi) is 10.6. The van der Waals surface area contributed by atoms with Crippen molar-refractivity contribution in [3.63, 3.8) is 0 Å². The summed E-state index contributed by atoms with van der Waals surface area (Å²) in [5.41, 5.74) is 1.34. The van der Waals surface area contributed by atoms with Crippen molar-refractivity contribution in [2.75, 3.05) is 0 Å². The van der Waals surface area contributed by atoms with E-state index >= 15 is 0 Å². The van der Waals surface area contributed by atoms with Crippen molar-refractivity contribution in [3.8, 4) is 0 Å². The van der Waals surface area contributed by atoms with Gasteiger partial charge in [0, 0.05) is 5.57 Å². The van der Waals surface area contributed by atoms with Crippen LogP contribution in [0, 0.1) is 0 Å². The maximum Gasteiger partial charge on any atom is 0.330 e. The molecule has 0 amide bonds. The Labute approximate surface area is 86.6 Å². The summed E-state index contributed by atoms with van der Waals surface area (Å²) in [6, 6.07) is 0. The molecule has 80 valence electrons. The third-order valence-corrected chi connectivity index (χ3v) is 1.48. The van der Waals surface area contributed by atoms with E-state index in [1.54, 1.807) is 6.08 Å². The largest absolute Gasteiger partial charge is 0.478 e. The van der Waals surface area contributed by atoms with Gasteiger partial charge in [-0.05, 0) is 19.8 Å². The van der Waals surface area contributed by atoms with Crippen molar-refractivity contribution in [1.82, 2.24) is 0 Å². The summed E-state index contributed by atoms with van der Waals surface area (Å²) >= 11 is 0. The zero-order chi connectivity index (χ0) is 11.6. The minimum absolute atomic E-state index is 0.317. The van der Waals surface area contributed by atoms with Gasteiger partial charge in [-0.3, -0.25) is 0 Å². The minimum Gasteiger partial charge on any atom is -0.478 e. The van der Waals surface area contributed by atoms with Gasteiger partial charge < -0.3 is 5.11 Å². The van der Waals surface area contributed by atoms with Gasteiger partial charge in [0.25, 0.3) is 0 Å². The van der Waals surface area contributed by atoms with Gasteiger partial charge in [-0.15, -0.1) is 0 Å². The van der Waals surface area contributed by atoms with E-state index in [1.165, 1.54) is 0 Å². The highest BCUT2D eigenvalue weighted by molar-refractivity contribution is 5.85. The normalized spacial score (nSPS) is 8.14. The van der Waals surface area contributed by atoms with Crippen LogP contribution >= 0.6 is 0 Å². The van der Waals surface area contributed by atoms with Gasteiger partial charge in [0.1, 0.15) is 0 Å². The number of unbranched alkanes of at least 4 members (excludes halogenated alkanes) is 1. The quantitative estimate of drug-likeness (QED) is 0.539. The molecule has 0 aliphatic heterocycles. The third-order valence-electron chi connectivity index (χ3n) is 1.48. The van der Waals surface area contributed by atoms with Crippen molar-refractivity contribution in [2.24, 2.45) is 0 Å². The second-order valence-corrected chi connectivity index (χ2v) is 3.06. The van der Waals surface area contributed by atoms with Crippen molar-refractivity contribution in [2.45, 2.75) is 33.1 Å². The van der Waals surface area contributed by atoms with Gasteiger partial charge in [0.15, 0.2) is 0 Å². The molecular formula is C12H20O2. The van der Waals surface area contributed by atoms with E-state index in [2.05, 4.69) is 19.7 Å². The van der Waals surface area contributed by atoms with Gasteiger partial charge in [-0.25, -0.2) is 4.79 Å². The molecule has 0 atom stereocenters. The monoisotopic (exact) mass is 196 g/mol. The predicted octanol–water partition coefficient (Wildman–Crippen LogP) is 3.57. The molecule has 0 heterocycles. The standard InChI is InChI=1S/C7H12O2.C5H8/c1-3-4-5-6(2)7(8)9;1-4-5(2)3/h2-5H2,1H3,(H,8,9);4H,1-2H2,3H3. The fraction of sp³-hybridized carbons (Fsp3) is 0.417. The molecule has 14 heavy (non-hydrogen) atoms. The van der Waals surface area contributed by atoms with Crippen LogP contribution in [-0.4, -0.2) is 11.1 Å². The number of allylic oxidation sites excluding steroid dienone is 2. The van der Waals surface area contributed by atoms with Crippen molar-refractivity contribution in [3.05, 3.63) is 37.0 Å². The highest BCUT2D eigenvalue weighted by atomic mass is 16.4. The van der Waals surface area contributed by atoms with Crippen LogP contribution in [0.4, 0.5) is 0 Å². The molecule has 0 rings (SSSR count). The van der Waals surface area contributed by atoms with Crippen LogP contribution in [0.1, 0.15) is 33.1 Å². The lowest BCUT2D eigenvalue weighted by molar-refractivity contribution is -0.132. The number of hydrogen-bond acceptors (Lipinski definition) is 1. The van der Waals surface area contributed by atoms with Crippen LogP contribution in [0.15, 0.2) is 37.0 Å². The summed E-state index contributed by atoms with van der Waals surface area (Å²) in [4.78, 5) is 10.1. The van der Waals surface area contributed by atoms with Crippen molar-refractivity contribution in [1.29, 1.82) is 0 Å². The first-order valence-electron chi connectivity index (χ1n) is 4.64. The molecule has 0 unspecified atom stereocenters. The Hall–Kier alpha value is -1.31. The van der Waals surface area contributed by atoms with Crippen molar-refractivity contribution < 1.29 is 9.90 Å². The average molecular weight is 196 g/mol. The molecule has 0 spiro atoms. The van der Waals surface area contributed by atoms with E-state index in [-0.39, 0.29) is 0 Å². The first kappa shape index (κ1) is 15.2. The summed E-state index contributed by atoms with van der Waals surface area (Å²) in [6.45, 7) is 14.3. The molecule has 0 aromatic rings. The number of carbonyl (C=O) groups is 1. The maximum absolute atomic E-state index is 10.1. The summed E-state index contributed by atoms with van der Waals surface area (Å²) < 4.78 is 0. The first-order chi connectivity index (χ1) is 6.45.